The van der Waals surface area contributed by atoms with Crippen LogP contribution in [0.4, 0.5) is 11.4 Å². The minimum atomic E-state index is -0.177. The maximum Gasteiger partial charge on any atom is 0.255 e. The molecule has 5 heteroatoms. The highest BCUT2D eigenvalue weighted by Gasteiger charge is 2.49. The second-order valence-corrected chi connectivity index (χ2v) is 7.33. The van der Waals surface area contributed by atoms with Crippen LogP contribution in [0.25, 0.3) is 0 Å². The monoisotopic (exact) mass is 349 g/mol. The Hall–Kier alpha value is -2.66. The van der Waals surface area contributed by atoms with Gasteiger partial charge in [-0.1, -0.05) is 24.3 Å². The van der Waals surface area contributed by atoms with Crippen molar-refractivity contribution in [2.75, 3.05) is 10.6 Å². The van der Waals surface area contributed by atoms with Gasteiger partial charge in [-0.15, -0.1) is 0 Å². The van der Waals surface area contributed by atoms with E-state index in [1.807, 2.05) is 30.3 Å². The van der Waals surface area contributed by atoms with Crippen LogP contribution in [0, 0.1) is 17.8 Å². The molecular weight excluding hydrogens is 326 g/mol. The number of rotatable bonds is 4. The van der Waals surface area contributed by atoms with Gasteiger partial charge in [0.15, 0.2) is 0 Å². The quantitative estimate of drug-likeness (QED) is 0.792. The summed E-state index contributed by atoms with van der Waals surface area (Å²) in [5.74, 6) is 0.625. The highest BCUT2D eigenvalue weighted by Crippen LogP contribution is 2.47. The lowest BCUT2D eigenvalue weighted by molar-refractivity contribution is -0.121. The maximum absolute atomic E-state index is 12.7. The molecule has 0 saturated heterocycles. The number of carbonyl (C=O) groups is 2. The van der Waals surface area contributed by atoms with Crippen molar-refractivity contribution in [1.82, 2.24) is 0 Å². The molecule has 2 aliphatic rings. The molecule has 0 radical (unpaired) electrons. The van der Waals surface area contributed by atoms with E-state index in [4.69, 9.17) is 5.73 Å². The molecule has 5 nitrogen and oxygen atoms in total. The van der Waals surface area contributed by atoms with E-state index in [1.165, 1.54) is 0 Å². The fourth-order valence-corrected chi connectivity index (χ4v) is 4.42. The van der Waals surface area contributed by atoms with Gasteiger partial charge in [0.25, 0.3) is 5.91 Å². The van der Waals surface area contributed by atoms with Crippen molar-refractivity contribution in [3.8, 4) is 0 Å². The average Bonchev–Trinajstić information content (AvgIpc) is 3.24. The molecule has 134 valence electrons. The summed E-state index contributed by atoms with van der Waals surface area (Å²) in [5, 5.41) is 5.84. The van der Waals surface area contributed by atoms with Crippen LogP contribution in [0.1, 0.15) is 29.6 Å². The lowest BCUT2D eigenvalue weighted by Crippen LogP contribution is -2.42. The first-order chi connectivity index (χ1) is 12.6. The molecule has 4 N–H and O–H groups in total. The van der Waals surface area contributed by atoms with Gasteiger partial charge < -0.3 is 16.4 Å². The van der Waals surface area contributed by atoms with Crippen LogP contribution in [-0.2, 0) is 4.79 Å². The van der Waals surface area contributed by atoms with Gasteiger partial charge >= 0.3 is 0 Å². The first-order valence-electron chi connectivity index (χ1n) is 9.15. The van der Waals surface area contributed by atoms with Crippen molar-refractivity contribution in [2.24, 2.45) is 23.5 Å². The third kappa shape index (κ3) is 3.22. The Balaban J connectivity index is 1.43. The van der Waals surface area contributed by atoms with E-state index in [-0.39, 0.29) is 23.8 Å². The number of anilines is 2. The standard InChI is InChI=1S/C21H23N3O2/c22-19-15-10-9-14(11-15)18(19)21(26)24-17-8-4-7-16(12-17)23-20(25)13-5-2-1-3-6-13/h1-8,12,14-15,18-19H,9-11,22H2,(H,23,25)(H,24,26). The summed E-state index contributed by atoms with van der Waals surface area (Å²) in [6.07, 6.45) is 3.33. The van der Waals surface area contributed by atoms with Crippen molar-refractivity contribution in [2.45, 2.75) is 25.3 Å². The Labute approximate surface area is 153 Å². The molecule has 0 heterocycles. The van der Waals surface area contributed by atoms with Gasteiger partial charge in [-0.25, -0.2) is 0 Å². The number of amides is 2. The van der Waals surface area contributed by atoms with E-state index in [9.17, 15) is 9.59 Å². The fourth-order valence-electron chi connectivity index (χ4n) is 4.42. The smallest absolute Gasteiger partial charge is 0.255 e. The first-order valence-corrected chi connectivity index (χ1v) is 9.15. The van der Waals surface area contributed by atoms with Crippen LogP contribution in [0.5, 0.6) is 0 Å². The third-order valence-corrected chi connectivity index (χ3v) is 5.71. The number of fused-ring (bicyclic) bond motifs is 2. The molecular formula is C21H23N3O2. The van der Waals surface area contributed by atoms with Crippen LogP contribution >= 0.6 is 0 Å². The molecule has 2 fully saturated rings. The summed E-state index contributed by atoms with van der Waals surface area (Å²) < 4.78 is 0. The molecule has 2 bridgehead atoms. The zero-order valence-corrected chi connectivity index (χ0v) is 14.5. The van der Waals surface area contributed by atoms with Crippen LogP contribution in [0.2, 0.25) is 0 Å². The minimum absolute atomic E-state index is 0.00349. The number of nitrogens with two attached hydrogens (primary N) is 1. The molecule has 0 aliphatic heterocycles. The predicted octanol–water partition coefficient (Wildman–Crippen LogP) is 3.25. The summed E-state index contributed by atoms with van der Waals surface area (Å²) in [4.78, 5) is 25.0. The topological polar surface area (TPSA) is 84.2 Å². The van der Waals surface area contributed by atoms with Crippen LogP contribution in [0.15, 0.2) is 54.6 Å². The predicted molar refractivity (Wildman–Crippen MR) is 102 cm³/mol. The zero-order valence-electron chi connectivity index (χ0n) is 14.5. The van der Waals surface area contributed by atoms with Crippen molar-refractivity contribution in [3.05, 3.63) is 60.2 Å². The number of nitrogens with one attached hydrogen (secondary N) is 2. The molecule has 26 heavy (non-hydrogen) atoms. The summed E-state index contributed by atoms with van der Waals surface area (Å²) in [5.41, 5.74) is 8.18. The summed E-state index contributed by atoms with van der Waals surface area (Å²) in [6.45, 7) is 0. The summed E-state index contributed by atoms with van der Waals surface area (Å²) in [7, 11) is 0. The average molecular weight is 349 g/mol. The second kappa shape index (κ2) is 6.92. The Morgan fingerprint density at radius 2 is 1.58 bits per heavy atom. The van der Waals surface area contributed by atoms with E-state index >= 15 is 0 Å². The van der Waals surface area contributed by atoms with Crippen LogP contribution in [0.3, 0.4) is 0 Å². The Kier molecular flexibility index (Phi) is 4.47. The number of hydrogen-bond donors (Lipinski definition) is 3. The Morgan fingerprint density at radius 3 is 2.27 bits per heavy atom. The third-order valence-electron chi connectivity index (χ3n) is 5.71. The van der Waals surface area contributed by atoms with E-state index in [2.05, 4.69) is 10.6 Å². The minimum Gasteiger partial charge on any atom is -0.327 e. The summed E-state index contributed by atoms with van der Waals surface area (Å²) in [6, 6.07) is 16.2. The first kappa shape index (κ1) is 16.8. The van der Waals surface area contributed by atoms with Gasteiger partial charge in [0.2, 0.25) is 5.91 Å². The zero-order chi connectivity index (χ0) is 18.1. The molecule has 2 aliphatic carbocycles. The van der Waals surface area contributed by atoms with E-state index in [0.29, 0.717) is 28.8 Å². The van der Waals surface area contributed by atoms with Gasteiger partial charge in [-0.2, -0.15) is 0 Å². The normalized spacial score (nSPS) is 26.5. The van der Waals surface area contributed by atoms with Crippen molar-refractivity contribution in [1.29, 1.82) is 0 Å². The Bertz CT molecular complexity index is 819. The number of benzene rings is 2. The number of carbonyl (C=O) groups excluding carboxylic acids is 2. The molecule has 2 saturated carbocycles. The maximum atomic E-state index is 12.7. The SMILES string of the molecule is NC1C2CCC(C2)C1C(=O)Nc1cccc(NC(=O)c2ccccc2)c1. The van der Waals surface area contributed by atoms with Crippen molar-refractivity contribution < 1.29 is 9.59 Å². The molecule has 4 unspecified atom stereocenters. The molecule has 4 atom stereocenters. The molecule has 4 rings (SSSR count). The molecule has 0 aromatic heterocycles. The molecule has 2 aromatic rings. The van der Waals surface area contributed by atoms with Crippen molar-refractivity contribution >= 4 is 23.2 Å². The van der Waals surface area contributed by atoms with E-state index in [1.54, 1.807) is 24.3 Å². The highest BCUT2D eigenvalue weighted by atomic mass is 16.2. The largest absolute Gasteiger partial charge is 0.327 e. The highest BCUT2D eigenvalue weighted by molar-refractivity contribution is 6.04. The molecule has 2 aromatic carbocycles. The van der Waals surface area contributed by atoms with Crippen LogP contribution < -0.4 is 16.4 Å². The van der Waals surface area contributed by atoms with E-state index in [0.717, 1.165) is 19.3 Å². The van der Waals surface area contributed by atoms with Gasteiger partial charge in [0.1, 0.15) is 0 Å². The van der Waals surface area contributed by atoms with E-state index < -0.39 is 0 Å². The van der Waals surface area contributed by atoms with Gasteiger partial charge in [0.05, 0.1) is 5.92 Å². The van der Waals surface area contributed by atoms with Gasteiger partial charge in [0, 0.05) is 23.0 Å². The lowest BCUT2D eigenvalue weighted by Gasteiger charge is -2.27. The number of hydrogen-bond acceptors (Lipinski definition) is 3. The molecule has 2 amide bonds. The fraction of sp³-hybridized carbons (Fsp3) is 0.333. The Morgan fingerprint density at radius 1 is 0.885 bits per heavy atom. The lowest BCUT2D eigenvalue weighted by atomic mass is 9.84. The van der Waals surface area contributed by atoms with Crippen molar-refractivity contribution in [3.63, 3.8) is 0 Å². The van der Waals surface area contributed by atoms with Crippen LogP contribution in [-0.4, -0.2) is 17.9 Å². The van der Waals surface area contributed by atoms with Gasteiger partial charge in [-0.05, 0) is 61.4 Å². The summed E-state index contributed by atoms with van der Waals surface area (Å²) >= 11 is 0. The van der Waals surface area contributed by atoms with Gasteiger partial charge in [-0.3, -0.25) is 9.59 Å². The second-order valence-electron chi connectivity index (χ2n) is 7.33. The molecule has 0 spiro atoms.